The Bertz CT molecular complexity index is 210. The molecule has 0 aromatic carbocycles. The summed E-state index contributed by atoms with van der Waals surface area (Å²) >= 11 is 0. The molecule has 0 spiro atoms. The summed E-state index contributed by atoms with van der Waals surface area (Å²) in [5.41, 5.74) is 0. The Morgan fingerprint density at radius 1 is 1.50 bits per heavy atom. The first-order valence-corrected chi connectivity index (χ1v) is 4.12. The van der Waals surface area contributed by atoms with Gasteiger partial charge in [0, 0.05) is 7.11 Å². The number of ether oxygens (including phenoxy) is 2. The topological polar surface area (TPSA) is 54.0 Å². The Labute approximate surface area is 69.7 Å². The molecule has 3 fully saturated rings. The zero-order valence-electron chi connectivity index (χ0n) is 6.67. The van der Waals surface area contributed by atoms with Gasteiger partial charge in [0.05, 0.1) is 12.1 Å². The molecule has 0 amide bonds. The van der Waals surface area contributed by atoms with Crippen molar-refractivity contribution in [3.05, 3.63) is 5.21 Å². The van der Waals surface area contributed by atoms with Crippen molar-refractivity contribution in [3.63, 3.8) is 0 Å². The highest BCUT2D eigenvalue weighted by atomic mass is 16.9. The first-order chi connectivity index (χ1) is 5.81. The van der Waals surface area contributed by atoms with Crippen LogP contribution in [-0.2, 0) is 14.3 Å². The molecular weight excluding hydrogens is 162 g/mol. The van der Waals surface area contributed by atoms with Gasteiger partial charge in [-0.05, 0) is 6.42 Å². The van der Waals surface area contributed by atoms with Gasteiger partial charge in [0.15, 0.2) is 0 Å². The molecule has 0 N–H and O–H groups in total. The van der Waals surface area contributed by atoms with Crippen molar-refractivity contribution in [2.75, 3.05) is 7.11 Å². The molecule has 3 heterocycles. The quantitative estimate of drug-likeness (QED) is 0.541. The lowest BCUT2D eigenvalue weighted by Crippen LogP contribution is -2.39. The maximum atomic E-state index is 11.1. The summed E-state index contributed by atoms with van der Waals surface area (Å²) in [5, 5.41) is 11.8. The fourth-order valence-electron chi connectivity index (χ4n) is 2.44. The lowest BCUT2D eigenvalue weighted by atomic mass is 9.92. The van der Waals surface area contributed by atoms with Gasteiger partial charge in [0.1, 0.15) is 18.3 Å². The van der Waals surface area contributed by atoms with Crippen LogP contribution in [0.5, 0.6) is 0 Å². The average Bonchev–Trinajstić information content (AvgIpc) is 2.63. The third-order valence-corrected chi connectivity index (χ3v) is 2.97. The Kier molecular flexibility index (Phi) is 1.31. The SMILES string of the molecule is COC1C2CC3C(O2)C1ON3[O-]. The highest BCUT2D eigenvalue weighted by molar-refractivity contribution is 5.09. The van der Waals surface area contributed by atoms with E-state index in [1.54, 1.807) is 7.11 Å². The van der Waals surface area contributed by atoms with Crippen molar-refractivity contribution in [1.82, 2.24) is 5.23 Å². The van der Waals surface area contributed by atoms with E-state index in [1.807, 2.05) is 0 Å². The molecule has 3 saturated heterocycles. The van der Waals surface area contributed by atoms with E-state index in [4.69, 9.17) is 14.3 Å². The van der Waals surface area contributed by atoms with E-state index in [0.29, 0.717) is 5.23 Å². The number of hydrogen-bond donors (Lipinski definition) is 0. The maximum Gasteiger partial charge on any atom is 0.134 e. The first-order valence-electron chi connectivity index (χ1n) is 4.12. The average molecular weight is 172 g/mol. The lowest BCUT2D eigenvalue weighted by Gasteiger charge is -2.24. The van der Waals surface area contributed by atoms with Crippen LogP contribution >= 0.6 is 0 Å². The molecule has 0 radical (unpaired) electrons. The van der Waals surface area contributed by atoms with Crippen LogP contribution in [0.1, 0.15) is 6.42 Å². The van der Waals surface area contributed by atoms with Crippen LogP contribution in [0.2, 0.25) is 0 Å². The van der Waals surface area contributed by atoms with Gasteiger partial charge >= 0.3 is 0 Å². The number of rotatable bonds is 1. The minimum absolute atomic E-state index is 0.0507. The molecule has 5 heteroatoms. The number of hydrogen-bond acceptors (Lipinski definition) is 5. The molecular formula is C7H10NO4-. The maximum absolute atomic E-state index is 11.1. The molecule has 12 heavy (non-hydrogen) atoms. The summed E-state index contributed by atoms with van der Waals surface area (Å²) in [6, 6.07) is -0.0913. The van der Waals surface area contributed by atoms with E-state index in [0.717, 1.165) is 6.42 Å². The number of fused-ring (bicyclic) bond motifs is 1. The van der Waals surface area contributed by atoms with Crippen molar-refractivity contribution < 1.29 is 14.3 Å². The van der Waals surface area contributed by atoms with Crippen molar-refractivity contribution in [2.24, 2.45) is 0 Å². The standard InChI is InChI=1S/C7H10NO4/c1-10-6-4-2-3-5(11-4)7(6)12-8(3)9/h3-7H,2H2,1H3/q-1. The van der Waals surface area contributed by atoms with Crippen molar-refractivity contribution in [1.29, 1.82) is 0 Å². The van der Waals surface area contributed by atoms with E-state index in [2.05, 4.69) is 0 Å². The summed E-state index contributed by atoms with van der Waals surface area (Å²) in [7, 11) is 1.63. The van der Waals surface area contributed by atoms with Gasteiger partial charge in [-0.3, -0.25) is 5.23 Å². The normalized spacial score (nSPS) is 57.0. The number of nitrogens with zero attached hydrogens (tertiary/aromatic N) is 1. The second kappa shape index (κ2) is 2.18. The number of hydroxylamine groups is 2. The van der Waals surface area contributed by atoms with E-state index in [9.17, 15) is 5.21 Å². The fraction of sp³-hybridized carbons (Fsp3) is 1.00. The van der Waals surface area contributed by atoms with Crippen LogP contribution in [0.25, 0.3) is 0 Å². The smallest absolute Gasteiger partial charge is 0.134 e. The Morgan fingerprint density at radius 2 is 2.33 bits per heavy atom. The molecule has 0 saturated carbocycles. The van der Waals surface area contributed by atoms with Crippen LogP contribution in [0.15, 0.2) is 0 Å². The second-order valence-electron chi connectivity index (χ2n) is 3.50. The molecule has 5 unspecified atom stereocenters. The summed E-state index contributed by atoms with van der Waals surface area (Å²) in [4.78, 5) is 5.07. The molecule has 0 aliphatic carbocycles. The van der Waals surface area contributed by atoms with Gasteiger partial charge in [0.25, 0.3) is 0 Å². The molecule has 3 aliphatic rings. The molecule has 68 valence electrons. The van der Waals surface area contributed by atoms with Gasteiger partial charge in [-0.1, -0.05) is 0 Å². The van der Waals surface area contributed by atoms with Crippen LogP contribution in [0.3, 0.4) is 0 Å². The summed E-state index contributed by atoms with van der Waals surface area (Å²) < 4.78 is 10.7. The van der Waals surface area contributed by atoms with Gasteiger partial charge < -0.3 is 19.5 Å². The number of methoxy groups -OCH3 is 1. The minimum atomic E-state index is -0.170. The van der Waals surface area contributed by atoms with Gasteiger partial charge in [-0.25, -0.2) is 0 Å². The minimum Gasteiger partial charge on any atom is -0.762 e. The monoisotopic (exact) mass is 172 g/mol. The van der Waals surface area contributed by atoms with Gasteiger partial charge in [0.2, 0.25) is 0 Å². The molecule has 2 bridgehead atoms. The van der Waals surface area contributed by atoms with Crippen LogP contribution < -0.4 is 0 Å². The molecule has 0 aromatic rings. The van der Waals surface area contributed by atoms with E-state index in [1.165, 1.54) is 0 Å². The summed E-state index contributed by atoms with van der Waals surface area (Å²) in [6.45, 7) is 0. The summed E-state index contributed by atoms with van der Waals surface area (Å²) in [5.74, 6) is 0. The van der Waals surface area contributed by atoms with Crippen molar-refractivity contribution in [3.8, 4) is 0 Å². The van der Waals surface area contributed by atoms with E-state index < -0.39 is 0 Å². The van der Waals surface area contributed by atoms with E-state index in [-0.39, 0.29) is 30.5 Å². The fourth-order valence-corrected chi connectivity index (χ4v) is 2.44. The first kappa shape index (κ1) is 7.23. The lowest BCUT2D eigenvalue weighted by molar-refractivity contribution is -0.144. The van der Waals surface area contributed by atoms with Gasteiger partial charge in [-0.15, -0.1) is 0 Å². The molecule has 0 aromatic heterocycles. The zero-order valence-corrected chi connectivity index (χ0v) is 6.67. The highest BCUT2D eigenvalue weighted by Crippen LogP contribution is 2.45. The van der Waals surface area contributed by atoms with Crippen molar-refractivity contribution >= 4 is 0 Å². The third kappa shape index (κ3) is 0.664. The zero-order chi connectivity index (χ0) is 8.29. The second-order valence-corrected chi connectivity index (χ2v) is 3.50. The third-order valence-electron chi connectivity index (χ3n) is 2.97. The Hall–Kier alpha value is -0.200. The van der Waals surface area contributed by atoms with E-state index >= 15 is 0 Å². The molecule has 3 aliphatic heterocycles. The molecule has 5 atom stereocenters. The Morgan fingerprint density at radius 3 is 3.08 bits per heavy atom. The van der Waals surface area contributed by atoms with Crippen LogP contribution in [-0.4, -0.2) is 42.8 Å². The predicted molar refractivity (Wildman–Crippen MR) is 37.9 cm³/mol. The summed E-state index contributed by atoms with van der Waals surface area (Å²) in [6.07, 6.45) is 0.524. The highest BCUT2D eigenvalue weighted by Gasteiger charge is 2.60. The predicted octanol–water partition coefficient (Wildman–Crippen LogP) is -0.345. The van der Waals surface area contributed by atoms with Crippen molar-refractivity contribution in [2.45, 2.75) is 36.9 Å². The van der Waals surface area contributed by atoms with Gasteiger partial charge in [-0.2, -0.15) is 0 Å². The van der Waals surface area contributed by atoms with Crippen LogP contribution in [0, 0.1) is 5.21 Å². The molecule has 5 nitrogen and oxygen atoms in total. The Balaban J connectivity index is 1.91. The largest absolute Gasteiger partial charge is 0.762 e. The van der Waals surface area contributed by atoms with Crippen LogP contribution in [0.4, 0.5) is 0 Å². The molecule has 3 rings (SSSR count).